The van der Waals surface area contributed by atoms with E-state index >= 15 is 0 Å². The number of aliphatic hydroxyl groups excluding tert-OH is 1. The van der Waals surface area contributed by atoms with Gasteiger partial charge in [0.25, 0.3) is 0 Å². The molecule has 3 nitrogen and oxygen atoms in total. The molecule has 0 bridgehead atoms. The molecule has 0 amide bonds. The van der Waals surface area contributed by atoms with Crippen molar-refractivity contribution in [2.45, 2.75) is 25.0 Å². The Hall–Kier alpha value is -2.20. The van der Waals surface area contributed by atoms with Crippen LogP contribution in [0.15, 0.2) is 84.5 Å². The van der Waals surface area contributed by atoms with E-state index in [1.54, 1.807) is 0 Å². The van der Waals surface area contributed by atoms with Crippen LogP contribution in [0.3, 0.4) is 0 Å². The monoisotopic (exact) mass is 374 g/mol. The predicted octanol–water partition coefficient (Wildman–Crippen LogP) is 4.03. The van der Waals surface area contributed by atoms with Crippen molar-refractivity contribution >= 4 is 0 Å². The molecule has 2 aromatic rings. The Bertz CT molecular complexity index is 752. The first-order chi connectivity index (χ1) is 13.8. The van der Waals surface area contributed by atoms with Crippen molar-refractivity contribution in [3.8, 4) is 0 Å². The smallest absolute Gasteiger partial charge is 0.0913 e. The van der Waals surface area contributed by atoms with Crippen molar-refractivity contribution in [3.05, 3.63) is 95.6 Å². The van der Waals surface area contributed by atoms with Gasteiger partial charge in [-0.1, -0.05) is 78.9 Å². The van der Waals surface area contributed by atoms with E-state index < -0.39 is 0 Å². The number of rotatable bonds is 6. The Balaban J connectivity index is 1.42. The number of aliphatic hydroxyl groups is 1. The van der Waals surface area contributed by atoms with Gasteiger partial charge in [-0.3, -0.25) is 9.80 Å². The lowest BCUT2D eigenvalue weighted by molar-refractivity contribution is 0.0753. The molecule has 2 aromatic carbocycles. The summed E-state index contributed by atoms with van der Waals surface area (Å²) in [6, 6.07) is 21.9. The maximum atomic E-state index is 10.6. The van der Waals surface area contributed by atoms with Crippen LogP contribution < -0.4 is 0 Å². The molecule has 1 unspecified atom stereocenters. The number of hydrogen-bond donors (Lipinski definition) is 1. The number of allylic oxidation sites excluding steroid dienone is 2. The Morgan fingerprint density at radius 1 is 0.786 bits per heavy atom. The van der Waals surface area contributed by atoms with Crippen LogP contribution in [-0.4, -0.2) is 53.7 Å². The molecule has 1 aliphatic carbocycles. The van der Waals surface area contributed by atoms with E-state index in [1.165, 1.54) is 11.1 Å². The Morgan fingerprint density at radius 2 is 1.39 bits per heavy atom. The molecule has 0 spiro atoms. The van der Waals surface area contributed by atoms with Gasteiger partial charge < -0.3 is 5.11 Å². The highest BCUT2D eigenvalue weighted by Crippen LogP contribution is 2.29. The van der Waals surface area contributed by atoms with Gasteiger partial charge in [-0.05, 0) is 29.5 Å². The second kappa shape index (κ2) is 9.33. The van der Waals surface area contributed by atoms with E-state index in [4.69, 9.17) is 0 Å². The summed E-state index contributed by atoms with van der Waals surface area (Å²) in [7, 11) is 0. The molecule has 0 radical (unpaired) electrons. The normalized spacial score (nSPS) is 19.6. The highest BCUT2D eigenvalue weighted by atomic mass is 16.3. The minimum Gasteiger partial charge on any atom is -0.387 e. The minimum atomic E-state index is -0.373. The van der Waals surface area contributed by atoms with Gasteiger partial charge in [0.15, 0.2) is 0 Å². The Morgan fingerprint density at radius 3 is 1.93 bits per heavy atom. The van der Waals surface area contributed by atoms with Crippen LogP contribution in [0.5, 0.6) is 0 Å². The number of hydrogen-bond acceptors (Lipinski definition) is 3. The fraction of sp³-hybridized carbons (Fsp3) is 0.360. The van der Waals surface area contributed by atoms with E-state index in [-0.39, 0.29) is 6.10 Å². The molecular weight excluding hydrogens is 344 g/mol. The van der Waals surface area contributed by atoms with Crippen LogP contribution in [0, 0.1) is 0 Å². The fourth-order valence-corrected chi connectivity index (χ4v) is 4.32. The van der Waals surface area contributed by atoms with Crippen LogP contribution in [0.2, 0.25) is 0 Å². The molecule has 3 heteroatoms. The van der Waals surface area contributed by atoms with Gasteiger partial charge in [-0.25, -0.2) is 0 Å². The number of piperazine rings is 1. The van der Waals surface area contributed by atoms with Crippen LogP contribution >= 0.6 is 0 Å². The number of β-amino-alcohol motifs (C(OH)–C–C–N with tert-alkyl or cyclic N) is 1. The lowest BCUT2D eigenvalue weighted by Gasteiger charge is -2.40. The lowest BCUT2D eigenvalue weighted by Crippen LogP contribution is -2.49. The van der Waals surface area contributed by atoms with Crippen molar-refractivity contribution in [2.75, 3.05) is 32.7 Å². The maximum Gasteiger partial charge on any atom is 0.0913 e. The first-order valence-corrected chi connectivity index (χ1v) is 10.4. The standard InChI is InChI=1S/C25H30N2O/c28-24(21-10-4-1-5-11-21)20-26-16-18-27(19-17-26)25(22-12-6-2-7-13-22)23-14-8-3-9-15-23/h2-4,6-15,24-25,28H,1,5,16-20H2. The predicted molar refractivity (Wildman–Crippen MR) is 115 cm³/mol. The van der Waals surface area contributed by atoms with Crippen molar-refractivity contribution < 1.29 is 5.11 Å². The first-order valence-electron chi connectivity index (χ1n) is 10.4. The largest absolute Gasteiger partial charge is 0.387 e. The van der Waals surface area contributed by atoms with Crippen molar-refractivity contribution in [3.63, 3.8) is 0 Å². The average molecular weight is 375 g/mol. The molecule has 1 fully saturated rings. The van der Waals surface area contributed by atoms with Crippen molar-refractivity contribution in [1.82, 2.24) is 9.80 Å². The van der Waals surface area contributed by atoms with E-state index in [9.17, 15) is 5.11 Å². The third kappa shape index (κ3) is 4.61. The van der Waals surface area contributed by atoms with Gasteiger partial charge in [0.2, 0.25) is 0 Å². The van der Waals surface area contributed by atoms with E-state index in [0.717, 1.165) is 51.1 Å². The highest BCUT2D eigenvalue weighted by molar-refractivity contribution is 5.32. The second-order valence-electron chi connectivity index (χ2n) is 7.76. The molecule has 28 heavy (non-hydrogen) atoms. The van der Waals surface area contributed by atoms with Crippen LogP contribution in [0.25, 0.3) is 0 Å². The van der Waals surface area contributed by atoms with E-state index in [2.05, 4.69) is 88.7 Å². The third-order valence-corrected chi connectivity index (χ3v) is 5.84. The van der Waals surface area contributed by atoms with E-state index in [1.807, 2.05) is 0 Å². The topological polar surface area (TPSA) is 26.7 Å². The minimum absolute atomic E-state index is 0.290. The molecule has 0 aromatic heterocycles. The molecule has 0 saturated carbocycles. The zero-order valence-corrected chi connectivity index (χ0v) is 16.5. The first kappa shape index (κ1) is 19.1. The van der Waals surface area contributed by atoms with Gasteiger partial charge in [0, 0.05) is 32.7 Å². The molecule has 1 aliphatic heterocycles. The molecule has 2 aliphatic rings. The van der Waals surface area contributed by atoms with E-state index in [0.29, 0.717) is 6.04 Å². The number of nitrogens with zero attached hydrogens (tertiary/aromatic N) is 2. The van der Waals surface area contributed by atoms with Gasteiger partial charge in [-0.2, -0.15) is 0 Å². The summed E-state index contributed by atoms with van der Waals surface area (Å²) in [5.74, 6) is 0. The Kier molecular flexibility index (Phi) is 6.38. The zero-order valence-electron chi connectivity index (χ0n) is 16.5. The van der Waals surface area contributed by atoms with Gasteiger partial charge in [0.05, 0.1) is 12.1 Å². The zero-order chi connectivity index (χ0) is 19.2. The summed E-state index contributed by atoms with van der Waals surface area (Å²) in [5.41, 5.74) is 3.78. The van der Waals surface area contributed by atoms with Crippen molar-refractivity contribution in [1.29, 1.82) is 0 Å². The summed E-state index contributed by atoms with van der Waals surface area (Å²) in [5, 5.41) is 10.6. The molecule has 1 atom stereocenters. The summed E-state index contributed by atoms with van der Waals surface area (Å²) in [6.45, 7) is 4.73. The summed E-state index contributed by atoms with van der Waals surface area (Å²) in [6.07, 6.45) is 8.21. The third-order valence-electron chi connectivity index (χ3n) is 5.84. The van der Waals surface area contributed by atoms with Gasteiger partial charge in [-0.15, -0.1) is 0 Å². The lowest BCUT2D eigenvalue weighted by atomic mass is 9.96. The average Bonchev–Trinajstić information content (AvgIpc) is 2.77. The van der Waals surface area contributed by atoms with Crippen LogP contribution in [-0.2, 0) is 0 Å². The maximum absolute atomic E-state index is 10.6. The summed E-state index contributed by atoms with van der Waals surface area (Å²) >= 11 is 0. The molecule has 1 saturated heterocycles. The molecule has 1 heterocycles. The summed E-state index contributed by atoms with van der Waals surface area (Å²) < 4.78 is 0. The highest BCUT2D eigenvalue weighted by Gasteiger charge is 2.27. The van der Waals surface area contributed by atoms with Crippen LogP contribution in [0.1, 0.15) is 30.0 Å². The Labute approximate surface area is 168 Å². The molecule has 4 rings (SSSR count). The quantitative estimate of drug-likeness (QED) is 0.827. The fourth-order valence-electron chi connectivity index (χ4n) is 4.32. The summed E-state index contributed by atoms with van der Waals surface area (Å²) in [4.78, 5) is 4.98. The van der Waals surface area contributed by atoms with Gasteiger partial charge >= 0.3 is 0 Å². The SMILES string of the molecule is OC(CN1CCN(C(c2ccccc2)c2ccccc2)CC1)C1=CCCC=C1. The molecular formula is C25H30N2O. The van der Waals surface area contributed by atoms with Crippen LogP contribution in [0.4, 0.5) is 0 Å². The molecule has 1 N–H and O–H groups in total. The molecule has 146 valence electrons. The van der Waals surface area contributed by atoms with Crippen molar-refractivity contribution in [2.24, 2.45) is 0 Å². The van der Waals surface area contributed by atoms with Gasteiger partial charge in [0.1, 0.15) is 0 Å². The number of benzene rings is 2. The second-order valence-corrected chi connectivity index (χ2v) is 7.76.